The number of carbonyl (C=O) groups is 1. The Hall–Kier alpha value is -3.74. The fourth-order valence-electron chi connectivity index (χ4n) is 3.07. The Morgan fingerprint density at radius 1 is 1.03 bits per heavy atom. The van der Waals surface area contributed by atoms with E-state index in [1.54, 1.807) is 11.6 Å². The molecule has 1 unspecified atom stereocenters. The molecule has 2 heterocycles. The van der Waals surface area contributed by atoms with Crippen LogP contribution in [0.5, 0.6) is 5.75 Å². The highest BCUT2D eigenvalue weighted by Gasteiger charge is 2.16. The van der Waals surface area contributed by atoms with Gasteiger partial charge in [-0.25, -0.2) is 0 Å². The monoisotopic (exact) mass is 387 g/mol. The van der Waals surface area contributed by atoms with Crippen molar-refractivity contribution >= 4 is 11.6 Å². The second-order valence-electron chi connectivity index (χ2n) is 6.68. The molecule has 0 saturated heterocycles. The Bertz CT molecular complexity index is 1120. The molecule has 1 N–H and O–H groups in total. The van der Waals surface area contributed by atoms with Crippen LogP contribution in [0.1, 0.15) is 24.2 Å². The van der Waals surface area contributed by atoms with E-state index in [9.17, 15) is 4.79 Å². The molecule has 29 heavy (non-hydrogen) atoms. The Kier molecular flexibility index (Phi) is 5.20. The van der Waals surface area contributed by atoms with E-state index in [0.29, 0.717) is 11.5 Å². The first-order valence-electron chi connectivity index (χ1n) is 9.34. The van der Waals surface area contributed by atoms with E-state index in [2.05, 4.69) is 20.6 Å². The minimum atomic E-state index is -0.252. The Labute approximate surface area is 168 Å². The highest BCUT2D eigenvalue weighted by molar-refractivity contribution is 5.83. The Morgan fingerprint density at radius 3 is 2.52 bits per heavy atom. The first kappa shape index (κ1) is 18.6. The van der Waals surface area contributed by atoms with Crippen molar-refractivity contribution in [3.05, 3.63) is 78.1 Å². The smallest absolute Gasteiger partial charge is 0.227 e. The van der Waals surface area contributed by atoms with E-state index < -0.39 is 0 Å². The van der Waals surface area contributed by atoms with Gasteiger partial charge in [-0.1, -0.05) is 30.3 Å². The molecular formula is C22H21N5O2. The highest BCUT2D eigenvalue weighted by Crippen LogP contribution is 2.21. The zero-order chi connectivity index (χ0) is 20.2. The Balaban J connectivity index is 1.52. The number of amides is 1. The third kappa shape index (κ3) is 3.94. The summed E-state index contributed by atoms with van der Waals surface area (Å²) in [6.45, 7) is 2.13. The lowest BCUT2D eigenvalue weighted by atomic mass is 10.0. The lowest BCUT2D eigenvalue weighted by Crippen LogP contribution is -2.28. The van der Waals surface area contributed by atoms with Crippen LogP contribution in [0.3, 0.4) is 0 Å². The maximum Gasteiger partial charge on any atom is 0.227 e. The third-order valence-corrected chi connectivity index (χ3v) is 4.83. The lowest BCUT2D eigenvalue weighted by Gasteiger charge is -2.12. The molecule has 146 valence electrons. The number of hydrogen-bond acceptors (Lipinski definition) is 5. The molecule has 2 aromatic carbocycles. The predicted molar refractivity (Wildman–Crippen MR) is 109 cm³/mol. The van der Waals surface area contributed by atoms with E-state index in [4.69, 9.17) is 4.74 Å². The van der Waals surface area contributed by atoms with Gasteiger partial charge in [-0.15, -0.1) is 10.2 Å². The van der Waals surface area contributed by atoms with Crippen molar-refractivity contribution in [3.8, 4) is 17.0 Å². The van der Waals surface area contributed by atoms with Crippen molar-refractivity contribution in [3.63, 3.8) is 0 Å². The second kappa shape index (κ2) is 8.10. The molecule has 4 aromatic rings. The fraction of sp³-hybridized carbons (Fsp3) is 0.182. The van der Waals surface area contributed by atoms with Crippen molar-refractivity contribution < 1.29 is 9.53 Å². The van der Waals surface area contributed by atoms with Gasteiger partial charge < -0.3 is 10.1 Å². The molecule has 0 aliphatic carbocycles. The number of benzene rings is 2. The normalized spacial score (nSPS) is 11.9. The summed E-state index contributed by atoms with van der Waals surface area (Å²) in [4.78, 5) is 12.5. The molecule has 1 amide bonds. The van der Waals surface area contributed by atoms with Crippen LogP contribution in [-0.4, -0.2) is 32.8 Å². The maximum absolute atomic E-state index is 12.5. The zero-order valence-electron chi connectivity index (χ0n) is 16.2. The Morgan fingerprint density at radius 2 is 1.79 bits per heavy atom. The number of carbonyl (C=O) groups excluding carboxylic acids is 1. The summed E-state index contributed by atoms with van der Waals surface area (Å²) in [6.07, 6.45) is 0. The molecule has 7 nitrogen and oxygen atoms in total. The van der Waals surface area contributed by atoms with Crippen LogP contribution in [0, 0.1) is 0 Å². The molecule has 4 rings (SSSR count). The maximum atomic E-state index is 12.5. The molecule has 0 radical (unpaired) electrons. The van der Waals surface area contributed by atoms with Crippen LogP contribution < -0.4 is 10.1 Å². The number of fused-ring (bicyclic) bond motifs is 1. The third-order valence-electron chi connectivity index (χ3n) is 4.83. The summed E-state index contributed by atoms with van der Waals surface area (Å²) in [5.41, 5.74) is 3.33. The van der Waals surface area contributed by atoms with Crippen LogP contribution in [0.25, 0.3) is 16.9 Å². The molecular weight excluding hydrogens is 366 g/mol. The summed E-state index contributed by atoms with van der Waals surface area (Å²) in [5, 5.41) is 15.9. The van der Waals surface area contributed by atoms with Crippen molar-refractivity contribution in [1.29, 1.82) is 0 Å². The van der Waals surface area contributed by atoms with E-state index >= 15 is 0 Å². The first-order chi connectivity index (χ1) is 14.2. The standard InChI is InChI=1S/C22H21N5O2/c1-15(16-6-4-3-5-7-16)22(28)23-14-21-25-24-20-13-12-19(26-27(20)21)17-8-10-18(29-2)11-9-17/h3-13,15H,14H2,1-2H3,(H,23,28). The quantitative estimate of drug-likeness (QED) is 0.549. The van der Waals surface area contributed by atoms with Gasteiger partial charge in [0.1, 0.15) is 5.75 Å². The van der Waals surface area contributed by atoms with Crippen molar-refractivity contribution in [2.24, 2.45) is 0 Å². The summed E-state index contributed by atoms with van der Waals surface area (Å²) >= 11 is 0. The minimum Gasteiger partial charge on any atom is -0.497 e. The number of hydrogen-bond donors (Lipinski definition) is 1. The minimum absolute atomic E-state index is 0.0701. The van der Waals surface area contributed by atoms with Crippen LogP contribution >= 0.6 is 0 Å². The van der Waals surface area contributed by atoms with Gasteiger partial charge in [0.2, 0.25) is 5.91 Å². The molecule has 1 atom stereocenters. The summed E-state index contributed by atoms with van der Waals surface area (Å²) in [6, 6.07) is 21.1. The van der Waals surface area contributed by atoms with Crippen LogP contribution in [-0.2, 0) is 11.3 Å². The summed E-state index contributed by atoms with van der Waals surface area (Å²) in [5.74, 6) is 1.04. The van der Waals surface area contributed by atoms with Gasteiger partial charge in [0.15, 0.2) is 11.5 Å². The summed E-state index contributed by atoms with van der Waals surface area (Å²) in [7, 11) is 1.63. The average molecular weight is 387 g/mol. The van der Waals surface area contributed by atoms with Gasteiger partial charge in [0.25, 0.3) is 0 Å². The van der Waals surface area contributed by atoms with Crippen molar-refractivity contribution in [2.45, 2.75) is 19.4 Å². The number of nitrogens with zero attached hydrogens (tertiary/aromatic N) is 4. The highest BCUT2D eigenvalue weighted by atomic mass is 16.5. The van der Waals surface area contributed by atoms with E-state index in [0.717, 1.165) is 22.6 Å². The van der Waals surface area contributed by atoms with Crippen LogP contribution in [0.15, 0.2) is 66.7 Å². The molecule has 0 aliphatic rings. The number of rotatable bonds is 6. The van der Waals surface area contributed by atoms with Gasteiger partial charge in [-0.05, 0) is 48.9 Å². The SMILES string of the molecule is COc1ccc(-c2ccc3nnc(CNC(=O)C(C)c4ccccc4)n3n2)cc1. The van der Waals surface area contributed by atoms with E-state index in [-0.39, 0.29) is 18.4 Å². The second-order valence-corrected chi connectivity index (χ2v) is 6.68. The summed E-state index contributed by atoms with van der Waals surface area (Å²) < 4.78 is 6.86. The number of ether oxygens (including phenoxy) is 1. The van der Waals surface area contributed by atoms with Crippen LogP contribution in [0.4, 0.5) is 0 Å². The molecule has 7 heteroatoms. The molecule has 0 aliphatic heterocycles. The van der Waals surface area contributed by atoms with Gasteiger partial charge in [-0.2, -0.15) is 9.61 Å². The number of aromatic nitrogens is 4. The van der Waals surface area contributed by atoms with Crippen LogP contribution in [0.2, 0.25) is 0 Å². The van der Waals surface area contributed by atoms with Gasteiger partial charge in [-0.3, -0.25) is 4.79 Å². The first-order valence-corrected chi connectivity index (χ1v) is 9.34. The molecule has 0 bridgehead atoms. The molecule has 0 saturated carbocycles. The van der Waals surface area contributed by atoms with Gasteiger partial charge in [0, 0.05) is 5.56 Å². The van der Waals surface area contributed by atoms with E-state index in [1.165, 1.54) is 0 Å². The predicted octanol–water partition coefficient (Wildman–Crippen LogP) is 3.22. The molecule has 2 aromatic heterocycles. The van der Waals surface area contributed by atoms with E-state index in [1.807, 2.05) is 73.7 Å². The fourth-order valence-corrected chi connectivity index (χ4v) is 3.07. The largest absolute Gasteiger partial charge is 0.497 e. The lowest BCUT2D eigenvalue weighted by molar-refractivity contribution is -0.122. The van der Waals surface area contributed by atoms with Crippen molar-refractivity contribution in [1.82, 2.24) is 25.1 Å². The number of nitrogens with one attached hydrogen (secondary N) is 1. The molecule has 0 fully saturated rings. The van der Waals surface area contributed by atoms with Crippen molar-refractivity contribution in [2.75, 3.05) is 7.11 Å². The topological polar surface area (TPSA) is 81.4 Å². The van der Waals surface area contributed by atoms with Gasteiger partial charge >= 0.3 is 0 Å². The van der Waals surface area contributed by atoms with Gasteiger partial charge in [0.05, 0.1) is 25.3 Å². The number of methoxy groups -OCH3 is 1. The zero-order valence-corrected chi connectivity index (χ0v) is 16.2. The molecule has 0 spiro atoms. The average Bonchev–Trinajstić information content (AvgIpc) is 3.19.